The number of nitrogens with one attached hydrogen (secondary N) is 1. The maximum atomic E-state index is 12.3. The molecule has 2 aromatic carbocycles. The second kappa shape index (κ2) is 7.36. The fourth-order valence-electron chi connectivity index (χ4n) is 2.92. The SMILES string of the molecule is COc1ccc2c(c1OC)C(=O)O[C@@H]2CC(=O)Nc1ccc(C(N)=O)cc1. The molecular weight excluding hydrogens is 352 g/mol. The number of primary amides is 1. The van der Waals surface area contributed by atoms with Gasteiger partial charge < -0.3 is 25.3 Å². The van der Waals surface area contributed by atoms with Gasteiger partial charge in [0.1, 0.15) is 11.7 Å². The van der Waals surface area contributed by atoms with E-state index in [2.05, 4.69) is 5.32 Å². The Kier molecular flexibility index (Phi) is 4.98. The molecule has 1 heterocycles. The Morgan fingerprint density at radius 2 is 1.81 bits per heavy atom. The Balaban J connectivity index is 1.75. The van der Waals surface area contributed by atoms with Crippen molar-refractivity contribution in [2.75, 3.05) is 19.5 Å². The van der Waals surface area contributed by atoms with Gasteiger partial charge in [0.2, 0.25) is 11.8 Å². The number of anilines is 1. The number of ether oxygens (including phenoxy) is 3. The number of esters is 1. The maximum Gasteiger partial charge on any atom is 0.343 e. The van der Waals surface area contributed by atoms with Crippen molar-refractivity contribution in [3.8, 4) is 11.5 Å². The van der Waals surface area contributed by atoms with Crippen LogP contribution in [-0.4, -0.2) is 32.0 Å². The average molecular weight is 370 g/mol. The van der Waals surface area contributed by atoms with Crippen LogP contribution in [0.15, 0.2) is 36.4 Å². The number of methoxy groups -OCH3 is 2. The van der Waals surface area contributed by atoms with Gasteiger partial charge in [0.15, 0.2) is 11.5 Å². The van der Waals surface area contributed by atoms with Crippen LogP contribution in [0.5, 0.6) is 11.5 Å². The van der Waals surface area contributed by atoms with Gasteiger partial charge >= 0.3 is 5.97 Å². The molecule has 0 saturated carbocycles. The highest BCUT2D eigenvalue weighted by atomic mass is 16.6. The lowest BCUT2D eigenvalue weighted by molar-refractivity contribution is -0.118. The molecule has 0 radical (unpaired) electrons. The number of benzene rings is 2. The summed E-state index contributed by atoms with van der Waals surface area (Å²) in [5.41, 5.74) is 6.86. The standard InChI is InChI=1S/C19H18N2O6/c1-25-13-8-7-12-14(27-19(24)16(12)17(13)26-2)9-15(22)21-11-5-3-10(4-6-11)18(20)23/h3-8,14H,9H2,1-2H3,(H2,20,23)(H,21,22)/t14-/m1/s1. The largest absolute Gasteiger partial charge is 0.493 e. The van der Waals surface area contributed by atoms with Crippen molar-refractivity contribution in [2.24, 2.45) is 5.73 Å². The number of hydrogen-bond donors (Lipinski definition) is 2. The Bertz CT molecular complexity index is 907. The van der Waals surface area contributed by atoms with Crippen molar-refractivity contribution in [3.63, 3.8) is 0 Å². The van der Waals surface area contributed by atoms with Gasteiger partial charge in [-0.3, -0.25) is 9.59 Å². The first-order valence-electron chi connectivity index (χ1n) is 8.10. The molecule has 140 valence electrons. The second-order valence-corrected chi connectivity index (χ2v) is 5.85. The second-order valence-electron chi connectivity index (χ2n) is 5.85. The monoisotopic (exact) mass is 370 g/mol. The van der Waals surface area contributed by atoms with E-state index >= 15 is 0 Å². The molecule has 0 aromatic heterocycles. The van der Waals surface area contributed by atoms with Gasteiger partial charge in [0, 0.05) is 16.8 Å². The van der Waals surface area contributed by atoms with Crippen LogP contribution in [0.25, 0.3) is 0 Å². The van der Waals surface area contributed by atoms with Crippen LogP contribution < -0.4 is 20.5 Å². The number of carbonyl (C=O) groups excluding carboxylic acids is 3. The summed E-state index contributed by atoms with van der Waals surface area (Å²) in [4.78, 5) is 35.6. The first-order chi connectivity index (χ1) is 12.9. The first kappa shape index (κ1) is 18.2. The van der Waals surface area contributed by atoms with Crippen LogP contribution in [0.3, 0.4) is 0 Å². The molecule has 1 aliphatic heterocycles. The van der Waals surface area contributed by atoms with Crippen molar-refractivity contribution >= 4 is 23.5 Å². The fourth-order valence-corrected chi connectivity index (χ4v) is 2.92. The van der Waals surface area contributed by atoms with Gasteiger partial charge in [-0.1, -0.05) is 6.07 Å². The Morgan fingerprint density at radius 3 is 2.41 bits per heavy atom. The Morgan fingerprint density at radius 1 is 1.11 bits per heavy atom. The van der Waals surface area contributed by atoms with E-state index in [9.17, 15) is 14.4 Å². The van der Waals surface area contributed by atoms with E-state index in [1.807, 2.05) is 0 Å². The van der Waals surface area contributed by atoms with Crippen LogP contribution in [0.1, 0.15) is 38.8 Å². The summed E-state index contributed by atoms with van der Waals surface area (Å²) < 4.78 is 15.8. The molecule has 8 heteroatoms. The zero-order chi connectivity index (χ0) is 19.6. The number of rotatable bonds is 6. The molecule has 3 rings (SSSR count). The molecule has 0 aliphatic carbocycles. The van der Waals surface area contributed by atoms with Crippen molar-refractivity contribution < 1.29 is 28.6 Å². The molecule has 3 N–H and O–H groups in total. The van der Waals surface area contributed by atoms with Gasteiger partial charge in [-0.05, 0) is 30.3 Å². The third-order valence-electron chi connectivity index (χ3n) is 4.20. The molecule has 0 unspecified atom stereocenters. The van der Waals surface area contributed by atoms with Crippen LogP contribution in [-0.2, 0) is 9.53 Å². The highest BCUT2D eigenvalue weighted by Gasteiger charge is 2.36. The average Bonchev–Trinajstić information content (AvgIpc) is 2.96. The predicted octanol–water partition coefficient (Wildman–Crippen LogP) is 2.04. The van der Waals surface area contributed by atoms with Crippen molar-refractivity contribution in [1.82, 2.24) is 0 Å². The third kappa shape index (κ3) is 3.55. The summed E-state index contributed by atoms with van der Waals surface area (Å²) in [6.45, 7) is 0. The normalized spacial score (nSPS) is 14.9. The number of nitrogens with two attached hydrogens (primary N) is 1. The molecule has 0 spiro atoms. The minimum absolute atomic E-state index is 0.0637. The number of carbonyl (C=O) groups is 3. The topological polar surface area (TPSA) is 117 Å². The fraction of sp³-hybridized carbons (Fsp3) is 0.211. The molecule has 1 atom stereocenters. The Hall–Kier alpha value is -3.55. The van der Waals surface area contributed by atoms with Gasteiger partial charge in [-0.2, -0.15) is 0 Å². The smallest absolute Gasteiger partial charge is 0.343 e. The molecule has 27 heavy (non-hydrogen) atoms. The van der Waals surface area contributed by atoms with Crippen LogP contribution in [0.2, 0.25) is 0 Å². The predicted molar refractivity (Wildman–Crippen MR) is 95.9 cm³/mol. The van der Waals surface area contributed by atoms with E-state index in [-0.39, 0.29) is 23.6 Å². The lowest BCUT2D eigenvalue weighted by Crippen LogP contribution is -2.16. The van der Waals surface area contributed by atoms with Crippen LogP contribution in [0.4, 0.5) is 5.69 Å². The Labute approximate surface area is 155 Å². The van der Waals surface area contributed by atoms with Crippen LogP contribution >= 0.6 is 0 Å². The third-order valence-corrected chi connectivity index (χ3v) is 4.20. The zero-order valence-electron chi connectivity index (χ0n) is 14.8. The highest BCUT2D eigenvalue weighted by molar-refractivity contribution is 5.99. The van der Waals surface area contributed by atoms with Crippen molar-refractivity contribution in [2.45, 2.75) is 12.5 Å². The summed E-state index contributed by atoms with van der Waals surface area (Å²) >= 11 is 0. The quantitative estimate of drug-likeness (QED) is 0.752. The van der Waals surface area contributed by atoms with Crippen molar-refractivity contribution in [1.29, 1.82) is 0 Å². The van der Waals surface area contributed by atoms with E-state index < -0.39 is 18.0 Å². The number of amides is 2. The molecule has 2 amide bonds. The molecule has 0 bridgehead atoms. The summed E-state index contributed by atoms with van der Waals surface area (Å²) in [6.07, 6.45) is -0.789. The van der Waals surface area contributed by atoms with E-state index in [1.165, 1.54) is 26.4 Å². The summed E-state index contributed by atoms with van der Waals surface area (Å²) in [7, 11) is 2.90. The lowest BCUT2D eigenvalue weighted by Gasteiger charge is -2.12. The summed E-state index contributed by atoms with van der Waals surface area (Å²) in [5, 5.41) is 2.69. The minimum Gasteiger partial charge on any atom is -0.493 e. The van der Waals surface area contributed by atoms with Crippen LogP contribution in [0, 0.1) is 0 Å². The summed E-state index contributed by atoms with van der Waals surface area (Å²) in [6, 6.07) is 9.51. The first-order valence-corrected chi connectivity index (χ1v) is 8.10. The van der Waals surface area contributed by atoms with E-state index in [1.54, 1.807) is 24.3 Å². The highest BCUT2D eigenvalue weighted by Crippen LogP contribution is 2.43. The minimum atomic E-state index is -0.725. The number of cyclic esters (lactones) is 1. The molecular formula is C19H18N2O6. The molecule has 0 saturated heterocycles. The lowest BCUT2D eigenvalue weighted by atomic mass is 10.0. The van der Waals surface area contributed by atoms with Gasteiger partial charge in [0.05, 0.1) is 20.6 Å². The molecule has 2 aromatic rings. The van der Waals surface area contributed by atoms with Crippen molar-refractivity contribution in [3.05, 3.63) is 53.1 Å². The maximum absolute atomic E-state index is 12.3. The zero-order valence-corrected chi connectivity index (χ0v) is 14.8. The van der Waals surface area contributed by atoms with Gasteiger partial charge in [-0.25, -0.2) is 4.79 Å². The number of hydrogen-bond acceptors (Lipinski definition) is 6. The van der Waals surface area contributed by atoms with E-state index in [0.717, 1.165) is 0 Å². The molecule has 0 fully saturated rings. The molecule has 1 aliphatic rings. The van der Waals surface area contributed by atoms with E-state index in [0.29, 0.717) is 22.6 Å². The van der Waals surface area contributed by atoms with E-state index in [4.69, 9.17) is 19.9 Å². The molecule has 8 nitrogen and oxygen atoms in total. The van der Waals surface area contributed by atoms with Gasteiger partial charge in [-0.15, -0.1) is 0 Å². The summed E-state index contributed by atoms with van der Waals surface area (Å²) in [5.74, 6) is -0.767. The number of fused-ring (bicyclic) bond motifs is 1. The van der Waals surface area contributed by atoms with Gasteiger partial charge in [0.25, 0.3) is 0 Å².